The van der Waals surface area contributed by atoms with Crippen molar-refractivity contribution in [1.29, 1.82) is 0 Å². The summed E-state index contributed by atoms with van der Waals surface area (Å²) in [7, 11) is 1.46. The number of hydrogen-bond acceptors (Lipinski definition) is 6. The second kappa shape index (κ2) is 9.30. The first kappa shape index (κ1) is 23.5. The van der Waals surface area contributed by atoms with Crippen LogP contribution in [0.1, 0.15) is 27.8 Å². The Hall–Kier alpha value is -3.66. The van der Waals surface area contributed by atoms with E-state index in [1.165, 1.54) is 25.4 Å². The molecule has 0 amide bonds. The molecule has 0 spiro atoms. The van der Waals surface area contributed by atoms with Gasteiger partial charge in [-0.3, -0.25) is 14.6 Å². The van der Waals surface area contributed by atoms with Crippen LogP contribution < -0.4 is 15.8 Å². The number of ether oxygens (including phenoxy) is 1. The predicted molar refractivity (Wildman–Crippen MR) is 120 cm³/mol. The number of hydroxylamine groups is 1. The van der Waals surface area contributed by atoms with Crippen molar-refractivity contribution in [2.45, 2.75) is 32.5 Å². The van der Waals surface area contributed by atoms with E-state index in [0.717, 1.165) is 33.5 Å². The molecule has 0 bridgehead atoms. The summed E-state index contributed by atoms with van der Waals surface area (Å²) < 4.78 is 46.1. The molecule has 0 radical (unpaired) electrons. The summed E-state index contributed by atoms with van der Waals surface area (Å²) in [6.07, 6.45) is -2.68. The number of benzene rings is 2. The van der Waals surface area contributed by atoms with Crippen LogP contribution >= 0.6 is 0 Å². The highest BCUT2D eigenvalue weighted by atomic mass is 19.4. The van der Waals surface area contributed by atoms with Crippen LogP contribution in [0.2, 0.25) is 0 Å². The number of aryl methyl sites for hydroxylation is 3. The molecule has 0 saturated heterocycles. The number of halogens is 3. The molecule has 2 heterocycles. The smallest absolute Gasteiger partial charge is 0.416 e. The van der Waals surface area contributed by atoms with Crippen LogP contribution in [0.5, 0.6) is 11.5 Å². The molecule has 1 aliphatic rings. The Bertz CT molecular complexity index is 1300. The fraction of sp³-hybridized carbons (Fsp3) is 0.292. The van der Waals surface area contributed by atoms with Crippen molar-refractivity contribution in [3.8, 4) is 11.5 Å². The number of aliphatic imine (C=N–C) groups is 1. The molecule has 4 rings (SSSR count). The number of nitrogens with zero attached hydrogens (tertiary/aromatic N) is 3. The lowest BCUT2D eigenvalue weighted by Crippen LogP contribution is -2.40. The van der Waals surface area contributed by atoms with Gasteiger partial charge in [-0.25, -0.2) is 10.2 Å². The number of amidine groups is 1. The Labute approximate surface area is 193 Å². The molecule has 2 aromatic carbocycles. The first-order valence-electron chi connectivity index (χ1n) is 10.6. The van der Waals surface area contributed by atoms with E-state index in [-0.39, 0.29) is 35.5 Å². The molecule has 0 saturated carbocycles. The minimum Gasteiger partial charge on any atom is -0.455 e. The van der Waals surface area contributed by atoms with E-state index in [1.54, 1.807) is 0 Å². The van der Waals surface area contributed by atoms with E-state index >= 15 is 0 Å². The number of alkyl halides is 3. The summed E-state index contributed by atoms with van der Waals surface area (Å²) >= 11 is 0. The van der Waals surface area contributed by atoms with E-state index in [2.05, 4.69) is 21.6 Å². The third kappa shape index (κ3) is 5.12. The fourth-order valence-electron chi connectivity index (χ4n) is 3.68. The molecule has 34 heavy (non-hydrogen) atoms. The summed E-state index contributed by atoms with van der Waals surface area (Å²) in [6.45, 7) is 4.33. The van der Waals surface area contributed by atoms with Gasteiger partial charge in [-0.15, -0.1) is 0 Å². The number of hydrogen-bond donors (Lipinski definition) is 1. The van der Waals surface area contributed by atoms with Crippen molar-refractivity contribution in [2.75, 3.05) is 6.61 Å². The molecular weight excluding hydrogens is 449 g/mol. The van der Waals surface area contributed by atoms with Gasteiger partial charge in [-0.1, -0.05) is 29.8 Å². The highest BCUT2D eigenvalue weighted by Crippen LogP contribution is 2.33. The van der Waals surface area contributed by atoms with Crippen LogP contribution in [0.15, 0.2) is 58.4 Å². The van der Waals surface area contributed by atoms with Crippen molar-refractivity contribution < 1.29 is 22.7 Å². The molecule has 178 valence electrons. The molecule has 1 aliphatic heterocycles. The van der Waals surface area contributed by atoms with Crippen LogP contribution in [0.25, 0.3) is 0 Å². The van der Waals surface area contributed by atoms with E-state index in [4.69, 9.17) is 9.57 Å². The Kier molecular flexibility index (Phi) is 6.43. The summed E-state index contributed by atoms with van der Waals surface area (Å²) in [5, 5.41) is 3.94. The van der Waals surface area contributed by atoms with E-state index in [0.29, 0.717) is 6.42 Å². The first-order chi connectivity index (χ1) is 16.1. The highest BCUT2D eigenvalue weighted by Gasteiger charge is 2.31. The van der Waals surface area contributed by atoms with Crippen molar-refractivity contribution in [1.82, 2.24) is 15.3 Å². The van der Waals surface area contributed by atoms with Gasteiger partial charge in [0.25, 0.3) is 5.56 Å². The van der Waals surface area contributed by atoms with Crippen LogP contribution in [-0.2, 0) is 24.5 Å². The van der Waals surface area contributed by atoms with Crippen LogP contribution in [0.4, 0.5) is 13.2 Å². The normalized spacial score (nSPS) is 16.1. The maximum Gasteiger partial charge on any atom is 0.416 e. The SMILES string of the molecule is Cc1ccc(CC2CONC(c3c(Oc4cccc(C(F)(F)F)c4)cnn(C)c3=O)=N2)c(C)c1. The van der Waals surface area contributed by atoms with Gasteiger partial charge in [-0.2, -0.15) is 18.3 Å². The lowest BCUT2D eigenvalue weighted by atomic mass is 9.99. The van der Waals surface area contributed by atoms with Gasteiger partial charge in [0.05, 0.1) is 24.4 Å². The Morgan fingerprint density at radius 3 is 2.74 bits per heavy atom. The molecular formula is C24H23F3N4O3. The topological polar surface area (TPSA) is 77.7 Å². The number of nitrogens with one attached hydrogen (secondary N) is 1. The standard InChI is InChI=1S/C24H23F3N4O3/c1-14-7-8-16(15(2)9-14)10-18-13-33-30-22(29-18)21-20(12-28-31(3)23(21)32)34-19-6-4-5-17(11-19)24(25,26)27/h4-9,11-12,18H,10,13H2,1-3H3,(H,29,30). The quantitative estimate of drug-likeness (QED) is 0.605. The van der Waals surface area contributed by atoms with E-state index in [9.17, 15) is 18.0 Å². The zero-order valence-corrected chi connectivity index (χ0v) is 18.8. The van der Waals surface area contributed by atoms with Crippen LogP contribution in [0, 0.1) is 13.8 Å². The van der Waals surface area contributed by atoms with Gasteiger partial charge in [0, 0.05) is 7.05 Å². The van der Waals surface area contributed by atoms with Crippen molar-refractivity contribution in [3.63, 3.8) is 0 Å². The fourth-order valence-corrected chi connectivity index (χ4v) is 3.68. The lowest BCUT2D eigenvalue weighted by molar-refractivity contribution is -0.137. The second-order valence-corrected chi connectivity index (χ2v) is 8.12. The van der Waals surface area contributed by atoms with Gasteiger partial charge < -0.3 is 4.74 Å². The van der Waals surface area contributed by atoms with Crippen molar-refractivity contribution >= 4 is 5.84 Å². The molecule has 1 unspecified atom stereocenters. The van der Waals surface area contributed by atoms with E-state index in [1.807, 2.05) is 26.0 Å². The maximum atomic E-state index is 13.1. The molecule has 0 fully saturated rings. The molecule has 1 atom stereocenters. The number of aromatic nitrogens is 2. The van der Waals surface area contributed by atoms with E-state index < -0.39 is 17.3 Å². The zero-order chi connectivity index (χ0) is 24.5. The Balaban J connectivity index is 1.68. The van der Waals surface area contributed by atoms with Gasteiger partial charge in [0.15, 0.2) is 11.6 Å². The summed E-state index contributed by atoms with van der Waals surface area (Å²) in [6, 6.07) is 10.3. The van der Waals surface area contributed by atoms with Crippen molar-refractivity contribution in [2.24, 2.45) is 12.0 Å². The molecule has 1 N–H and O–H groups in total. The highest BCUT2D eigenvalue weighted by molar-refractivity contribution is 6.00. The molecule has 7 nitrogen and oxygen atoms in total. The van der Waals surface area contributed by atoms with Crippen LogP contribution in [0.3, 0.4) is 0 Å². The summed E-state index contributed by atoms with van der Waals surface area (Å²) in [5.74, 6) is 0.00529. The zero-order valence-electron chi connectivity index (χ0n) is 18.8. The number of rotatable bonds is 5. The molecule has 3 aromatic rings. The first-order valence-corrected chi connectivity index (χ1v) is 10.6. The monoisotopic (exact) mass is 472 g/mol. The molecule has 0 aliphatic carbocycles. The largest absolute Gasteiger partial charge is 0.455 e. The average Bonchev–Trinajstić information content (AvgIpc) is 2.78. The second-order valence-electron chi connectivity index (χ2n) is 8.12. The maximum absolute atomic E-state index is 13.1. The molecule has 1 aromatic heterocycles. The third-order valence-corrected chi connectivity index (χ3v) is 5.44. The van der Waals surface area contributed by atoms with Gasteiger partial charge in [0.2, 0.25) is 0 Å². The van der Waals surface area contributed by atoms with Crippen LogP contribution in [-0.4, -0.2) is 28.3 Å². The summed E-state index contributed by atoms with van der Waals surface area (Å²) in [4.78, 5) is 23.1. The van der Waals surface area contributed by atoms with Gasteiger partial charge in [0.1, 0.15) is 11.3 Å². The van der Waals surface area contributed by atoms with Gasteiger partial charge in [-0.05, 0) is 49.6 Å². The predicted octanol–water partition coefficient (Wildman–Crippen LogP) is 4.10. The minimum atomic E-state index is -4.53. The minimum absolute atomic E-state index is 0.0141. The van der Waals surface area contributed by atoms with Gasteiger partial charge >= 0.3 is 6.18 Å². The Morgan fingerprint density at radius 1 is 1.21 bits per heavy atom. The lowest BCUT2D eigenvalue weighted by Gasteiger charge is -2.23. The average molecular weight is 472 g/mol. The summed E-state index contributed by atoms with van der Waals surface area (Å²) in [5.41, 5.74) is 4.65. The van der Waals surface area contributed by atoms with Crippen molar-refractivity contribution in [3.05, 3.63) is 86.8 Å². The molecule has 10 heteroatoms. The third-order valence-electron chi connectivity index (χ3n) is 5.44. The Morgan fingerprint density at radius 2 is 2.00 bits per heavy atom.